The minimum absolute atomic E-state index is 0.208. The number of carboxylic acids is 1. The van der Waals surface area contributed by atoms with Crippen LogP contribution in [-0.2, 0) is 11.3 Å². The standard InChI is InChI=1S/C9H9N3O2/c10-9-6-3-1-2-4-7(6)11-12(9)5-8(13)14/h1-4H,5,10H2,(H,13,14). The third-order valence-electron chi connectivity index (χ3n) is 1.97. The molecule has 5 heteroatoms. The fourth-order valence-corrected chi connectivity index (χ4v) is 1.35. The van der Waals surface area contributed by atoms with Gasteiger partial charge in [0.1, 0.15) is 12.4 Å². The summed E-state index contributed by atoms with van der Waals surface area (Å²) < 4.78 is 1.28. The first-order valence-electron chi connectivity index (χ1n) is 4.11. The summed E-state index contributed by atoms with van der Waals surface area (Å²) in [6, 6.07) is 7.28. The predicted octanol–water partition coefficient (Wildman–Crippen LogP) is 0.703. The zero-order valence-corrected chi connectivity index (χ0v) is 7.34. The summed E-state index contributed by atoms with van der Waals surface area (Å²) in [4.78, 5) is 10.5. The number of hydrogen-bond donors (Lipinski definition) is 2. The number of nitrogens with two attached hydrogens (primary N) is 1. The zero-order valence-electron chi connectivity index (χ0n) is 7.34. The Morgan fingerprint density at radius 3 is 2.86 bits per heavy atom. The van der Waals surface area contributed by atoms with Gasteiger partial charge in [-0.3, -0.25) is 4.79 Å². The van der Waals surface area contributed by atoms with Crippen LogP contribution in [0.2, 0.25) is 0 Å². The van der Waals surface area contributed by atoms with Crippen molar-refractivity contribution in [1.29, 1.82) is 0 Å². The smallest absolute Gasteiger partial charge is 0.325 e. The topological polar surface area (TPSA) is 81.1 Å². The highest BCUT2D eigenvalue weighted by atomic mass is 16.4. The number of benzene rings is 1. The molecule has 0 bridgehead atoms. The van der Waals surface area contributed by atoms with Crippen LogP contribution in [0.3, 0.4) is 0 Å². The van der Waals surface area contributed by atoms with Crippen molar-refractivity contribution < 1.29 is 9.90 Å². The summed E-state index contributed by atoms with van der Waals surface area (Å²) in [6.45, 7) is -0.208. The molecule has 1 heterocycles. The summed E-state index contributed by atoms with van der Waals surface area (Å²) in [7, 11) is 0. The molecule has 1 aromatic heterocycles. The number of nitrogen functional groups attached to an aromatic ring is 1. The van der Waals surface area contributed by atoms with E-state index >= 15 is 0 Å². The SMILES string of the molecule is Nc1c2ccccc2nn1CC(=O)O. The number of aromatic nitrogens is 2. The van der Waals surface area contributed by atoms with Crippen LogP contribution < -0.4 is 5.73 Å². The summed E-state index contributed by atoms with van der Waals surface area (Å²) in [5, 5.41) is 13.4. The summed E-state index contributed by atoms with van der Waals surface area (Å²) in [6.07, 6.45) is 0. The van der Waals surface area contributed by atoms with Gasteiger partial charge in [-0.1, -0.05) is 12.1 Å². The molecule has 72 valence electrons. The second-order valence-electron chi connectivity index (χ2n) is 2.95. The monoisotopic (exact) mass is 191 g/mol. The van der Waals surface area contributed by atoms with Crippen LogP contribution >= 0.6 is 0 Å². The Morgan fingerprint density at radius 2 is 2.21 bits per heavy atom. The molecule has 5 nitrogen and oxygen atoms in total. The Morgan fingerprint density at radius 1 is 1.50 bits per heavy atom. The molecule has 14 heavy (non-hydrogen) atoms. The maximum atomic E-state index is 10.5. The molecule has 0 spiro atoms. The largest absolute Gasteiger partial charge is 0.480 e. The lowest BCUT2D eigenvalue weighted by Gasteiger charge is -1.97. The van der Waals surface area contributed by atoms with Gasteiger partial charge < -0.3 is 10.8 Å². The van der Waals surface area contributed by atoms with Crippen LogP contribution in [0.25, 0.3) is 10.9 Å². The van der Waals surface area contributed by atoms with Gasteiger partial charge in [0, 0.05) is 5.39 Å². The molecule has 0 aliphatic carbocycles. The van der Waals surface area contributed by atoms with Crippen molar-refractivity contribution in [3.8, 4) is 0 Å². The molecule has 0 radical (unpaired) electrons. The van der Waals surface area contributed by atoms with Gasteiger partial charge in [-0.05, 0) is 12.1 Å². The highest BCUT2D eigenvalue weighted by molar-refractivity contribution is 5.89. The number of carboxylic acid groups (broad SMARTS) is 1. The Labute approximate surface area is 79.7 Å². The second kappa shape index (κ2) is 3.02. The maximum Gasteiger partial charge on any atom is 0.325 e. The molecule has 0 saturated heterocycles. The van der Waals surface area contributed by atoms with E-state index in [1.807, 2.05) is 18.2 Å². The number of fused-ring (bicyclic) bond motifs is 1. The number of anilines is 1. The van der Waals surface area contributed by atoms with Crippen LogP contribution in [-0.4, -0.2) is 20.9 Å². The molecule has 0 amide bonds. The average Bonchev–Trinajstić information content (AvgIpc) is 2.44. The van der Waals surface area contributed by atoms with Crippen molar-refractivity contribution in [2.45, 2.75) is 6.54 Å². The molecule has 3 N–H and O–H groups in total. The normalized spacial score (nSPS) is 10.6. The molecule has 0 aliphatic heterocycles. The minimum Gasteiger partial charge on any atom is -0.480 e. The van der Waals surface area contributed by atoms with Crippen LogP contribution in [0.5, 0.6) is 0 Å². The molecule has 0 fully saturated rings. The lowest BCUT2D eigenvalue weighted by atomic mass is 10.2. The van der Waals surface area contributed by atoms with Gasteiger partial charge in [0.25, 0.3) is 0 Å². The number of rotatable bonds is 2. The van der Waals surface area contributed by atoms with Crippen LogP contribution in [0, 0.1) is 0 Å². The Hall–Kier alpha value is -2.04. The Balaban J connectivity index is 2.57. The molecule has 0 unspecified atom stereocenters. The van der Waals surface area contributed by atoms with Crippen LogP contribution in [0.15, 0.2) is 24.3 Å². The maximum absolute atomic E-state index is 10.5. The van der Waals surface area contributed by atoms with Gasteiger partial charge in [-0.25, -0.2) is 4.68 Å². The summed E-state index contributed by atoms with van der Waals surface area (Å²) >= 11 is 0. The molecule has 0 aliphatic rings. The van der Waals surface area contributed by atoms with E-state index in [0.717, 1.165) is 5.39 Å². The molecule has 1 aromatic carbocycles. The number of hydrogen-bond acceptors (Lipinski definition) is 3. The van der Waals surface area contributed by atoms with Crippen molar-refractivity contribution in [1.82, 2.24) is 9.78 Å². The first kappa shape index (κ1) is 8.55. The third-order valence-corrected chi connectivity index (χ3v) is 1.97. The first-order valence-corrected chi connectivity index (χ1v) is 4.11. The highest BCUT2D eigenvalue weighted by Crippen LogP contribution is 2.19. The second-order valence-corrected chi connectivity index (χ2v) is 2.95. The third kappa shape index (κ3) is 1.28. The highest BCUT2D eigenvalue weighted by Gasteiger charge is 2.09. The van der Waals surface area contributed by atoms with Gasteiger partial charge in [-0.15, -0.1) is 0 Å². The van der Waals surface area contributed by atoms with Crippen molar-refractivity contribution in [3.63, 3.8) is 0 Å². The van der Waals surface area contributed by atoms with Crippen molar-refractivity contribution >= 4 is 22.7 Å². The van der Waals surface area contributed by atoms with E-state index in [0.29, 0.717) is 11.3 Å². The number of aliphatic carboxylic acids is 1. The Kier molecular flexibility index (Phi) is 1.85. The molecular weight excluding hydrogens is 182 g/mol. The zero-order chi connectivity index (χ0) is 10.1. The predicted molar refractivity (Wildman–Crippen MR) is 51.8 cm³/mol. The molecule has 2 rings (SSSR count). The van der Waals surface area contributed by atoms with Gasteiger partial charge >= 0.3 is 5.97 Å². The van der Waals surface area contributed by atoms with E-state index in [2.05, 4.69) is 5.10 Å². The number of nitrogens with zero attached hydrogens (tertiary/aromatic N) is 2. The molecular formula is C9H9N3O2. The molecule has 2 aromatic rings. The van der Waals surface area contributed by atoms with E-state index in [1.54, 1.807) is 6.07 Å². The fraction of sp³-hybridized carbons (Fsp3) is 0.111. The van der Waals surface area contributed by atoms with E-state index in [9.17, 15) is 4.79 Å². The number of carbonyl (C=O) groups is 1. The van der Waals surface area contributed by atoms with E-state index in [1.165, 1.54) is 4.68 Å². The van der Waals surface area contributed by atoms with Crippen LogP contribution in [0.4, 0.5) is 5.82 Å². The van der Waals surface area contributed by atoms with Crippen molar-refractivity contribution in [3.05, 3.63) is 24.3 Å². The van der Waals surface area contributed by atoms with E-state index < -0.39 is 5.97 Å². The van der Waals surface area contributed by atoms with E-state index in [4.69, 9.17) is 10.8 Å². The molecule has 0 saturated carbocycles. The van der Waals surface area contributed by atoms with Gasteiger partial charge in [0.15, 0.2) is 0 Å². The van der Waals surface area contributed by atoms with Crippen LogP contribution in [0.1, 0.15) is 0 Å². The van der Waals surface area contributed by atoms with Gasteiger partial charge in [-0.2, -0.15) is 5.10 Å². The Bertz CT molecular complexity index is 490. The van der Waals surface area contributed by atoms with Gasteiger partial charge in [0.2, 0.25) is 0 Å². The lowest BCUT2D eigenvalue weighted by molar-refractivity contribution is -0.137. The fourth-order valence-electron chi connectivity index (χ4n) is 1.35. The minimum atomic E-state index is -0.954. The average molecular weight is 191 g/mol. The van der Waals surface area contributed by atoms with Crippen molar-refractivity contribution in [2.24, 2.45) is 0 Å². The van der Waals surface area contributed by atoms with Crippen molar-refractivity contribution in [2.75, 3.05) is 5.73 Å². The van der Waals surface area contributed by atoms with Gasteiger partial charge in [0.05, 0.1) is 5.52 Å². The summed E-state index contributed by atoms with van der Waals surface area (Å²) in [5.41, 5.74) is 6.44. The lowest BCUT2D eigenvalue weighted by Crippen LogP contribution is -2.12. The van der Waals surface area contributed by atoms with E-state index in [-0.39, 0.29) is 6.54 Å². The quantitative estimate of drug-likeness (QED) is 0.732. The summed E-state index contributed by atoms with van der Waals surface area (Å²) in [5.74, 6) is -0.562. The molecule has 0 atom stereocenters. The first-order chi connectivity index (χ1) is 6.68.